The first-order chi connectivity index (χ1) is 26.6. The molecule has 258 valence electrons. The van der Waals surface area contributed by atoms with Crippen LogP contribution in [0.15, 0.2) is 188 Å². The van der Waals surface area contributed by atoms with Crippen molar-refractivity contribution in [2.75, 3.05) is 4.90 Å². The molecule has 1 heteroatoms. The maximum absolute atomic E-state index is 2.45. The van der Waals surface area contributed by atoms with Gasteiger partial charge in [-0.3, -0.25) is 0 Å². The van der Waals surface area contributed by atoms with E-state index < -0.39 is 0 Å². The minimum Gasteiger partial charge on any atom is -0.310 e. The summed E-state index contributed by atoms with van der Waals surface area (Å²) < 4.78 is 0. The Hall–Kier alpha value is -6.44. The van der Waals surface area contributed by atoms with Crippen molar-refractivity contribution in [3.63, 3.8) is 0 Å². The van der Waals surface area contributed by atoms with E-state index >= 15 is 0 Å². The van der Waals surface area contributed by atoms with Crippen LogP contribution in [0.25, 0.3) is 60.5 Å². The highest BCUT2D eigenvalue weighted by atomic mass is 15.1. The Kier molecular flexibility index (Phi) is 7.70. The molecule has 10 rings (SSSR count). The second-order valence-corrected chi connectivity index (χ2v) is 15.2. The van der Waals surface area contributed by atoms with Crippen LogP contribution < -0.4 is 4.90 Å². The largest absolute Gasteiger partial charge is 0.310 e. The predicted molar refractivity (Wildman–Crippen MR) is 231 cm³/mol. The standard InChI is InChI=1S/C53H41N/c1-53(2)48-24-12-10-22-47(48)52-46(23-14-25-49(52)53)45-21-11-13-26-50(45)54(42-33-27-36-15-6-7-19-40(36)35-42)41-31-28-38(29-32-41)44-34-30-37-16-8-9-20-43(37)51(44)39-17-4-3-5-18-39/h3-4,6-17,19-35H,5,18H2,1-2H3. The van der Waals surface area contributed by atoms with E-state index in [1.165, 1.54) is 77.2 Å². The fraction of sp³-hybridized carbons (Fsp3) is 0.0943. The van der Waals surface area contributed by atoms with Gasteiger partial charge >= 0.3 is 0 Å². The SMILES string of the molecule is CC1(C)c2ccccc2-c2c(-c3ccccc3N(c3ccc(-c4ccc5ccccc5c4C4=CC=CCC4)cc3)c3ccc4ccccc4c3)cccc21. The third-order valence-corrected chi connectivity index (χ3v) is 11.7. The summed E-state index contributed by atoms with van der Waals surface area (Å²) in [6.45, 7) is 4.72. The van der Waals surface area contributed by atoms with E-state index in [-0.39, 0.29) is 5.41 Å². The van der Waals surface area contributed by atoms with Crippen molar-refractivity contribution in [2.45, 2.75) is 32.1 Å². The van der Waals surface area contributed by atoms with E-state index in [2.05, 4.69) is 207 Å². The van der Waals surface area contributed by atoms with Crippen molar-refractivity contribution >= 4 is 44.2 Å². The van der Waals surface area contributed by atoms with Gasteiger partial charge in [0.1, 0.15) is 0 Å². The second-order valence-electron chi connectivity index (χ2n) is 15.2. The fourth-order valence-electron chi connectivity index (χ4n) is 9.08. The van der Waals surface area contributed by atoms with E-state index in [1.54, 1.807) is 0 Å². The molecule has 8 aromatic carbocycles. The Labute approximate surface area is 318 Å². The average Bonchev–Trinajstić information content (AvgIpc) is 3.47. The summed E-state index contributed by atoms with van der Waals surface area (Å²) in [5, 5.41) is 5.05. The van der Waals surface area contributed by atoms with Crippen LogP contribution in [0.5, 0.6) is 0 Å². The molecule has 2 aliphatic rings. The highest BCUT2D eigenvalue weighted by Crippen LogP contribution is 2.54. The minimum atomic E-state index is -0.0731. The van der Waals surface area contributed by atoms with Gasteiger partial charge in [0.2, 0.25) is 0 Å². The van der Waals surface area contributed by atoms with Gasteiger partial charge in [0.15, 0.2) is 0 Å². The maximum atomic E-state index is 2.45. The molecule has 0 aromatic heterocycles. The number of rotatable bonds is 6. The lowest BCUT2D eigenvalue weighted by atomic mass is 9.82. The molecule has 0 bridgehead atoms. The third-order valence-electron chi connectivity index (χ3n) is 11.7. The first kappa shape index (κ1) is 32.2. The van der Waals surface area contributed by atoms with Gasteiger partial charge in [0.25, 0.3) is 0 Å². The molecule has 0 aliphatic heterocycles. The smallest absolute Gasteiger partial charge is 0.0540 e. The van der Waals surface area contributed by atoms with Crippen LogP contribution >= 0.6 is 0 Å². The fourth-order valence-corrected chi connectivity index (χ4v) is 9.08. The number of fused-ring (bicyclic) bond motifs is 5. The lowest BCUT2D eigenvalue weighted by Crippen LogP contribution is -2.14. The van der Waals surface area contributed by atoms with Crippen LogP contribution in [0.2, 0.25) is 0 Å². The molecular weight excluding hydrogens is 651 g/mol. The maximum Gasteiger partial charge on any atom is 0.0540 e. The highest BCUT2D eigenvalue weighted by Gasteiger charge is 2.37. The van der Waals surface area contributed by atoms with Gasteiger partial charge in [-0.05, 0) is 115 Å². The van der Waals surface area contributed by atoms with Gasteiger partial charge in [-0.15, -0.1) is 0 Å². The van der Waals surface area contributed by atoms with Crippen LogP contribution in [-0.2, 0) is 5.41 Å². The normalized spacial score (nSPS) is 14.1. The zero-order valence-electron chi connectivity index (χ0n) is 30.8. The van der Waals surface area contributed by atoms with Crippen molar-refractivity contribution in [1.29, 1.82) is 0 Å². The molecule has 1 nitrogen and oxygen atoms in total. The Balaban J connectivity index is 1.16. The number of hydrogen-bond donors (Lipinski definition) is 0. The first-order valence-electron chi connectivity index (χ1n) is 19.2. The zero-order valence-corrected chi connectivity index (χ0v) is 30.8. The third kappa shape index (κ3) is 5.23. The molecule has 0 amide bonds. The monoisotopic (exact) mass is 691 g/mol. The molecule has 0 saturated heterocycles. The molecular formula is C53H41N. The quantitative estimate of drug-likeness (QED) is 0.168. The topological polar surface area (TPSA) is 3.24 Å². The number of hydrogen-bond acceptors (Lipinski definition) is 1. The molecule has 0 spiro atoms. The number of nitrogens with zero attached hydrogens (tertiary/aromatic N) is 1. The summed E-state index contributed by atoms with van der Waals surface area (Å²) in [4.78, 5) is 2.45. The highest BCUT2D eigenvalue weighted by molar-refractivity contribution is 6.02. The molecule has 0 fully saturated rings. The number of benzene rings is 8. The van der Waals surface area contributed by atoms with Crippen LogP contribution in [0.3, 0.4) is 0 Å². The van der Waals surface area contributed by atoms with E-state index in [1.807, 2.05) is 0 Å². The summed E-state index contributed by atoms with van der Waals surface area (Å²) in [6.07, 6.45) is 8.91. The van der Waals surface area contributed by atoms with E-state index in [0.29, 0.717) is 0 Å². The molecule has 0 saturated carbocycles. The Bertz CT molecular complexity index is 2800. The average molecular weight is 692 g/mol. The van der Waals surface area contributed by atoms with Crippen molar-refractivity contribution in [1.82, 2.24) is 0 Å². The van der Waals surface area contributed by atoms with Gasteiger partial charge in [0.05, 0.1) is 5.69 Å². The molecule has 0 N–H and O–H groups in total. The van der Waals surface area contributed by atoms with Crippen LogP contribution in [-0.4, -0.2) is 0 Å². The van der Waals surface area contributed by atoms with Crippen molar-refractivity contribution in [2.24, 2.45) is 0 Å². The van der Waals surface area contributed by atoms with Crippen molar-refractivity contribution in [3.05, 3.63) is 205 Å². The Morgan fingerprint density at radius 1 is 0.481 bits per heavy atom. The molecule has 8 aromatic rings. The zero-order chi connectivity index (χ0) is 36.2. The van der Waals surface area contributed by atoms with E-state index in [9.17, 15) is 0 Å². The van der Waals surface area contributed by atoms with E-state index in [0.717, 1.165) is 29.9 Å². The molecule has 54 heavy (non-hydrogen) atoms. The van der Waals surface area contributed by atoms with Gasteiger partial charge in [-0.1, -0.05) is 172 Å². The summed E-state index contributed by atoms with van der Waals surface area (Å²) >= 11 is 0. The molecule has 0 radical (unpaired) electrons. The first-order valence-corrected chi connectivity index (χ1v) is 19.2. The van der Waals surface area contributed by atoms with Crippen LogP contribution in [0, 0.1) is 0 Å². The second kappa shape index (κ2) is 12.9. The summed E-state index contributed by atoms with van der Waals surface area (Å²) in [5.74, 6) is 0. The molecule has 0 heterocycles. The van der Waals surface area contributed by atoms with Gasteiger partial charge < -0.3 is 4.90 Å². The van der Waals surface area contributed by atoms with Crippen LogP contribution in [0.1, 0.15) is 43.4 Å². The Morgan fingerprint density at radius 3 is 1.98 bits per heavy atom. The van der Waals surface area contributed by atoms with Crippen LogP contribution in [0.4, 0.5) is 17.1 Å². The lowest BCUT2D eigenvalue weighted by Gasteiger charge is -2.29. The molecule has 2 aliphatic carbocycles. The van der Waals surface area contributed by atoms with Gasteiger partial charge in [0, 0.05) is 22.4 Å². The van der Waals surface area contributed by atoms with Crippen molar-refractivity contribution in [3.8, 4) is 33.4 Å². The minimum absolute atomic E-state index is 0.0731. The van der Waals surface area contributed by atoms with Crippen molar-refractivity contribution < 1.29 is 0 Å². The van der Waals surface area contributed by atoms with E-state index in [4.69, 9.17) is 0 Å². The predicted octanol–water partition coefficient (Wildman–Crippen LogP) is 14.8. The lowest BCUT2D eigenvalue weighted by molar-refractivity contribution is 0.660. The number of allylic oxidation sites excluding steroid dienone is 4. The summed E-state index contributed by atoms with van der Waals surface area (Å²) in [6, 6.07) is 62.9. The molecule has 0 atom stereocenters. The summed E-state index contributed by atoms with van der Waals surface area (Å²) in [7, 11) is 0. The number of anilines is 3. The summed E-state index contributed by atoms with van der Waals surface area (Å²) in [5.41, 5.74) is 16.5. The number of para-hydroxylation sites is 1. The van der Waals surface area contributed by atoms with Gasteiger partial charge in [-0.2, -0.15) is 0 Å². The van der Waals surface area contributed by atoms with Gasteiger partial charge in [-0.25, -0.2) is 0 Å². The Morgan fingerprint density at radius 2 is 1.15 bits per heavy atom. The molecule has 0 unspecified atom stereocenters.